The van der Waals surface area contributed by atoms with E-state index >= 15 is 0 Å². The molecule has 134 valence electrons. The van der Waals surface area contributed by atoms with Crippen molar-refractivity contribution in [3.05, 3.63) is 59.7 Å². The van der Waals surface area contributed by atoms with Crippen LogP contribution in [-0.4, -0.2) is 39.6 Å². The lowest BCUT2D eigenvalue weighted by molar-refractivity contribution is 0.352. The smallest absolute Gasteiger partial charge is 0.0667 e. The van der Waals surface area contributed by atoms with Gasteiger partial charge in [-0.2, -0.15) is 0 Å². The SMILES string of the molecule is CNCC[C@]1([C@@]2(CCNC)C=Nc3ccccc32)C=Nc2ccccc21. The summed E-state index contributed by atoms with van der Waals surface area (Å²) >= 11 is 0. The summed E-state index contributed by atoms with van der Waals surface area (Å²) in [4.78, 5) is 9.68. The molecule has 26 heavy (non-hydrogen) atoms. The molecule has 2 aromatic rings. The Labute approximate surface area is 155 Å². The highest BCUT2D eigenvalue weighted by Crippen LogP contribution is 2.56. The van der Waals surface area contributed by atoms with E-state index in [1.165, 1.54) is 11.1 Å². The van der Waals surface area contributed by atoms with Gasteiger partial charge < -0.3 is 10.6 Å². The molecule has 0 amide bonds. The van der Waals surface area contributed by atoms with Crippen LogP contribution in [0.2, 0.25) is 0 Å². The minimum Gasteiger partial charge on any atom is -0.320 e. The van der Waals surface area contributed by atoms with Crippen molar-refractivity contribution in [3.63, 3.8) is 0 Å². The van der Waals surface area contributed by atoms with Crippen LogP contribution in [0.3, 0.4) is 0 Å². The maximum atomic E-state index is 4.84. The topological polar surface area (TPSA) is 48.8 Å². The summed E-state index contributed by atoms with van der Waals surface area (Å²) in [6.45, 7) is 1.86. The van der Waals surface area contributed by atoms with Gasteiger partial charge in [-0.3, -0.25) is 9.98 Å². The highest BCUT2D eigenvalue weighted by molar-refractivity contribution is 5.98. The van der Waals surface area contributed by atoms with Crippen molar-refractivity contribution in [2.75, 3.05) is 27.2 Å². The summed E-state index contributed by atoms with van der Waals surface area (Å²) in [5, 5.41) is 6.70. The number of para-hydroxylation sites is 2. The van der Waals surface area contributed by atoms with Crippen LogP contribution in [0.25, 0.3) is 0 Å². The number of hydrogen-bond acceptors (Lipinski definition) is 4. The fourth-order valence-corrected chi connectivity index (χ4v) is 4.63. The van der Waals surface area contributed by atoms with Crippen LogP contribution in [-0.2, 0) is 10.8 Å². The van der Waals surface area contributed by atoms with Gasteiger partial charge in [0.1, 0.15) is 0 Å². The van der Waals surface area contributed by atoms with E-state index in [0.717, 1.165) is 37.3 Å². The van der Waals surface area contributed by atoms with E-state index in [2.05, 4.69) is 71.6 Å². The summed E-state index contributed by atoms with van der Waals surface area (Å²) in [6, 6.07) is 17.1. The first-order valence-electron chi connectivity index (χ1n) is 9.36. The van der Waals surface area contributed by atoms with Crippen molar-refractivity contribution in [2.24, 2.45) is 9.98 Å². The zero-order valence-electron chi connectivity index (χ0n) is 15.5. The Morgan fingerprint density at radius 3 is 1.54 bits per heavy atom. The second-order valence-corrected chi connectivity index (χ2v) is 7.20. The van der Waals surface area contributed by atoms with E-state index in [1.807, 2.05) is 14.1 Å². The van der Waals surface area contributed by atoms with Crippen molar-refractivity contribution in [2.45, 2.75) is 23.7 Å². The van der Waals surface area contributed by atoms with Gasteiger partial charge in [0.2, 0.25) is 0 Å². The Morgan fingerprint density at radius 1 is 0.692 bits per heavy atom. The fraction of sp³-hybridized carbons (Fsp3) is 0.364. The van der Waals surface area contributed by atoms with Crippen LogP contribution in [0.1, 0.15) is 24.0 Å². The van der Waals surface area contributed by atoms with E-state index in [1.54, 1.807) is 0 Å². The Morgan fingerprint density at radius 2 is 1.12 bits per heavy atom. The predicted octanol–water partition coefficient (Wildman–Crippen LogP) is 3.51. The van der Waals surface area contributed by atoms with Gasteiger partial charge in [-0.25, -0.2) is 0 Å². The highest BCUT2D eigenvalue weighted by atomic mass is 14.9. The average Bonchev–Trinajstić information content (AvgIpc) is 3.26. The molecular weight excluding hydrogens is 320 g/mol. The molecule has 0 aromatic heterocycles. The summed E-state index contributed by atoms with van der Waals surface area (Å²) in [7, 11) is 4.03. The van der Waals surface area contributed by atoms with Crippen molar-refractivity contribution in [1.82, 2.24) is 10.6 Å². The van der Waals surface area contributed by atoms with E-state index in [9.17, 15) is 0 Å². The zero-order chi connectivity index (χ0) is 18.0. The monoisotopic (exact) mass is 346 g/mol. The van der Waals surface area contributed by atoms with E-state index in [4.69, 9.17) is 9.98 Å². The molecule has 0 bridgehead atoms. The number of rotatable bonds is 7. The number of nitrogens with one attached hydrogen (secondary N) is 2. The number of hydrogen-bond donors (Lipinski definition) is 2. The van der Waals surface area contributed by atoms with Gasteiger partial charge in [0.15, 0.2) is 0 Å². The molecule has 0 saturated carbocycles. The van der Waals surface area contributed by atoms with Gasteiger partial charge in [-0.15, -0.1) is 0 Å². The molecule has 2 aliphatic heterocycles. The second-order valence-electron chi connectivity index (χ2n) is 7.20. The summed E-state index contributed by atoms with van der Waals surface area (Å²) in [5.74, 6) is 0. The van der Waals surface area contributed by atoms with Crippen molar-refractivity contribution in [3.8, 4) is 0 Å². The first kappa shape index (κ1) is 17.1. The first-order chi connectivity index (χ1) is 12.8. The van der Waals surface area contributed by atoms with E-state index in [0.29, 0.717) is 0 Å². The fourth-order valence-electron chi connectivity index (χ4n) is 4.63. The maximum Gasteiger partial charge on any atom is 0.0667 e. The Bertz CT molecular complexity index is 785. The third-order valence-electron chi connectivity index (χ3n) is 5.95. The summed E-state index contributed by atoms with van der Waals surface area (Å²) in [5.41, 5.74) is 4.42. The lowest BCUT2D eigenvalue weighted by Gasteiger charge is -2.45. The number of benzene rings is 2. The minimum absolute atomic E-state index is 0.195. The Balaban J connectivity index is 1.94. The molecule has 2 aromatic carbocycles. The predicted molar refractivity (Wildman–Crippen MR) is 110 cm³/mol. The third kappa shape index (κ3) is 2.37. The minimum atomic E-state index is -0.195. The summed E-state index contributed by atoms with van der Waals surface area (Å²) in [6.07, 6.45) is 6.35. The lowest BCUT2D eigenvalue weighted by Crippen LogP contribution is -2.52. The van der Waals surface area contributed by atoms with Gasteiger partial charge in [-0.05, 0) is 63.3 Å². The Hall–Kier alpha value is -2.30. The molecule has 4 nitrogen and oxygen atoms in total. The second kappa shape index (κ2) is 6.78. The van der Waals surface area contributed by atoms with Gasteiger partial charge >= 0.3 is 0 Å². The van der Waals surface area contributed by atoms with Gasteiger partial charge in [-0.1, -0.05) is 36.4 Å². The van der Waals surface area contributed by atoms with Crippen molar-refractivity contribution < 1.29 is 0 Å². The van der Waals surface area contributed by atoms with Crippen LogP contribution < -0.4 is 10.6 Å². The number of fused-ring (bicyclic) bond motifs is 2. The third-order valence-corrected chi connectivity index (χ3v) is 5.95. The number of aliphatic imine (C=N–C) groups is 2. The van der Waals surface area contributed by atoms with E-state index < -0.39 is 0 Å². The van der Waals surface area contributed by atoms with Crippen LogP contribution in [0, 0.1) is 0 Å². The van der Waals surface area contributed by atoms with Crippen molar-refractivity contribution >= 4 is 23.8 Å². The molecule has 2 N–H and O–H groups in total. The molecule has 4 heteroatoms. The van der Waals surface area contributed by atoms with Gasteiger partial charge in [0, 0.05) is 23.3 Å². The lowest BCUT2D eigenvalue weighted by atomic mass is 9.56. The summed E-state index contributed by atoms with van der Waals surface area (Å²) < 4.78 is 0. The normalized spacial score (nSPS) is 25.5. The maximum absolute atomic E-state index is 4.84. The molecule has 0 spiro atoms. The highest BCUT2D eigenvalue weighted by Gasteiger charge is 2.55. The number of nitrogens with zero attached hydrogens (tertiary/aromatic N) is 2. The molecule has 0 saturated heterocycles. The van der Waals surface area contributed by atoms with Crippen molar-refractivity contribution in [1.29, 1.82) is 0 Å². The first-order valence-corrected chi connectivity index (χ1v) is 9.36. The molecule has 2 aliphatic rings. The molecule has 2 atom stereocenters. The zero-order valence-corrected chi connectivity index (χ0v) is 15.5. The van der Waals surface area contributed by atoms with Gasteiger partial charge in [0.05, 0.1) is 11.4 Å². The van der Waals surface area contributed by atoms with Crippen LogP contribution in [0.15, 0.2) is 58.5 Å². The molecule has 4 rings (SSSR count). The van der Waals surface area contributed by atoms with E-state index in [-0.39, 0.29) is 10.8 Å². The largest absolute Gasteiger partial charge is 0.320 e. The average molecular weight is 346 g/mol. The van der Waals surface area contributed by atoms with Gasteiger partial charge in [0.25, 0.3) is 0 Å². The molecule has 0 radical (unpaired) electrons. The quantitative estimate of drug-likeness (QED) is 0.806. The molecule has 0 fully saturated rings. The molecule has 0 aliphatic carbocycles. The standard InChI is InChI=1S/C22H26N4/c1-23-13-11-21(15-25-19-9-5-3-7-17(19)21)22(12-14-24-2)16-26-20-10-6-4-8-18(20)22/h3-10,15-16,23-24H,11-14H2,1-2H3/t21-,22-/m0/s1. The van der Waals surface area contributed by atoms with Crippen LogP contribution >= 0.6 is 0 Å². The van der Waals surface area contributed by atoms with Crippen LogP contribution in [0.5, 0.6) is 0 Å². The molecule has 0 unspecified atom stereocenters. The van der Waals surface area contributed by atoms with Crippen LogP contribution in [0.4, 0.5) is 11.4 Å². The molecular formula is C22H26N4. The Kier molecular flexibility index (Phi) is 4.47. The molecule has 2 heterocycles.